The van der Waals surface area contributed by atoms with Gasteiger partial charge in [-0.1, -0.05) is 25.1 Å². The highest BCUT2D eigenvalue weighted by atomic mass is 16.5. The summed E-state index contributed by atoms with van der Waals surface area (Å²) in [6.45, 7) is 2.11. The van der Waals surface area contributed by atoms with Gasteiger partial charge in [-0.15, -0.1) is 0 Å². The first-order valence-electron chi connectivity index (χ1n) is 4.59. The third kappa shape index (κ3) is 0.804. The van der Waals surface area contributed by atoms with Gasteiger partial charge in [0, 0.05) is 5.92 Å². The lowest BCUT2D eigenvalue weighted by molar-refractivity contribution is -0.136. The van der Waals surface area contributed by atoms with Crippen LogP contribution in [0.3, 0.4) is 0 Å². The second-order valence-corrected chi connectivity index (χ2v) is 3.87. The van der Waals surface area contributed by atoms with Crippen molar-refractivity contribution in [1.82, 2.24) is 0 Å². The zero-order valence-corrected chi connectivity index (χ0v) is 7.36. The molecule has 1 fully saturated rings. The molecule has 1 aromatic carbocycles. The van der Waals surface area contributed by atoms with E-state index in [9.17, 15) is 4.79 Å². The van der Waals surface area contributed by atoms with Crippen molar-refractivity contribution < 1.29 is 9.53 Å². The summed E-state index contributed by atoms with van der Waals surface area (Å²) in [5.74, 6) is 1.75. The predicted molar refractivity (Wildman–Crippen MR) is 47.5 cm³/mol. The van der Waals surface area contributed by atoms with Crippen molar-refractivity contribution in [2.75, 3.05) is 0 Å². The molecule has 0 aromatic heterocycles. The number of rotatable bonds is 0. The van der Waals surface area contributed by atoms with Crippen LogP contribution in [0.1, 0.15) is 18.4 Å². The summed E-state index contributed by atoms with van der Waals surface area (Å²) in [7, 11) is 0. The van der Waals surface area contributed by atoms with Gasteiger partial charge in [0.15, 0.2) is 0 Å². The number of benzene rings is 1. The van der Waals surface area contributed by atoms with Crippen LogP contribution < -0.4 is 4.74 Å². The molecule has 3 atom stereocenters. The molecule has 2 heteroatoms. The molecule has 1 heterocycles. The largest absolute Gasteiger partial charge is 0.426 e. The summed E-state index contributed by atoms with van der Waals surface area (Å²) in [5.41, 5.74) is 1.21. The number of hydrogen-bond donors (Lipinski definition) is 0. The van der Waals surface area contributed by atoms with Crippen molar-refractivity contribution in [3.63, 3.8) is 0 Å². The lowest BCUT2D eigenvalue weighted by Crippen LogP contribution is -2.16. The Morgan fingerprint density at radius 3 is 2.85 bits per heavy atom. The number of esters is 1. The van der Waals surface area contributed by atoms with Gasteiger partial charge in [0.1, 0.15) is 5.75 Å². The van der Waals surface area contributed by atoms with Crippen molar-refractivity contribution in [1.29, 1.82) is 0 Å². The summed E-state index contributed by atoms with van der Waals surface area (Å²) in [4.78, 5) is 11.4. The molecule has 1 aliphatic carbocycles. The monoisotopic (exact) mass is 174 g/mol. The number of carbonyl (C=O) groups is 1. The Labute approximate surface area is 76.5 Å². The Hall–Kier alpha value is -1.31. The summed E-state index contributed by atoms with van der Waals surface area (Å²) in [6, 6.07) is 7.83. The molecule has 1 aromatic rings. The van der Waals surface area contributed by atoms with Gasteiger partial charge in [0.05, 0.1) is 5.92 Å². The third-order valence-electron chi connectivity index (χ3n) is 3.14. The van der Waals surface area contributed by atoms with Crippen LogP contribution in [-0.4, -0.2) is 5.97 Å². The van der Waals surface area contributed by atoms with Gasteiger partial charge < -0.3 is 4.74 Å². The fourth-order valence-electron chi connectivity index (χ4n) is 2.33. The number of para-hydroxylation sites is 1. The van der Waals surface area contributed by atoms with Crippen molar-refractivity contribution in [3.05, 3.63) is 29.8 Å². The second-order valence-electron chi connectivity index (χ2n) is 3.87. The molecule has 2 nitrogen and oxygen atoms in total. The van der Waals surface area contributed by atoms with Crippen LogP contribution in [0.5, 0.6) is 5.75 Å². The molecule has 0 saturated heterocycles. The van der Waals surface area contributed by atoms with Crippen LogP contribution in [-0.2, 0) is 4.79 Å². The topological polar surface area (TPSA) is 26.3 Å². The molecular weight excluding hydrogens is 164 g/mol. The fraction of sp³-hybridized carbons (Fsp3) is 0.364. The maximum absolute atomic E-state index is 11.4. The Balaban J connectivity index is 2.14. The minimum absolute atomic E-state index is 0.0452. The van der Waals surface area contributed by atoms with E-state index >= 15 is 0 Å². The van der Waals surface area contributed by atoms with Crippen LogP contribution in [0, 0.1) is 11.8 Å². The number of carbonyl (C=O) groups excluding carboxylic acids is 1. The summed E-state index contributed by atoms with van der Waals surface area (Å²) in [5, 5.41) is 0. The van der Waals surface area contributed by atoms with Crippen LogP contribution >= 0.6 is 0 Å². The van der Waals surface area contributed by atoms with Gasteiger partial charge in [-0.05, 0) is 17.5 Å². The van der Waals surface area contributed by atoms with Crippen molar-refractivity contribution >= 4 is 5.97 Å². The molecular formula is C11H10O2. The second kappa shape index (κ2) is 2.13. The van der Waals surface area contributed by atoms with Gasteiger partial charge in [-0.25, -0.2) is 0 Å². The molecule has 1 aliphatic heterocycles. The normalized spacial score (nSPS) is 34.5. The highest BCUT2D eigenvalue weighted by Crippen LogP contribution is 2.58. The molecule has 66 valence electrons. The van der Waals surface area contributed by atoms with Crippen LogP contribution in [0.25, 0.3) is 0 Å². The lowest BCUT2D eigenvalue weighted by Gasteiger charge is -2.13. The van der Waals surface area contributed by atoms with E-state index in [1.165, 1.54) is 5.56 Å². The van der Waals surface area contributed by atoms with Crippen molar-refractivity contribution in [2.45, 2.75) is 12.8 Å². The van der Waals surface area contributed by atoms with E-state index in [1.807, 2.05) is 18.2 Å². The summed E-state index contributed by atoms with van der Waals surface area (Å²) in [6.07, 6.45) is 0. The molecule has 0 spiro atoms. The molecule has 0 amide bonds. The van der Waals surface area contributed by atoms with Crippen LogP contribution in [0.2, 0.25) is 0 Å². The Bertz CT molecular complexity index is 383. The maximum atomic E-state index is 11.4. The van der Waals surface area contributed by atoms with Gasteiger partial charge in [0.2, 0.25) is 0 Å². The average molecular weight is 174 g/mol. The Morgan fingerprint density at radius 2 is 2.00 bits per heavy atom. The first kappa shape index (κ1) is 7.13. The van der Waals surface area contributed by atoms with E-state index in [0.717, 1.165) is 5.75 Å². The first-order valence-corrected chi connectivity index (χ1v) is 4.59. The predicted octanol–water partition coefficient (Wildman–Crippen LogP) is 1.96. The average Bonchev–Trinajstić information content (AvgIpc) is 2.79. The lowest BCUT2D eigenvalue weighted by atomic mass is 10.1. The molecule has 13 heavy (non-hydrogen) atoms. The van der Waals surface area contributed by atoms with E-state index in [2.05, 4.69) is 13.0 Å². The minimum atomic E-state index is -0.0452. The minimum Gasteiger partial charge on any atom is -0.426 e. The standard InChI is InChI=1S/C11H10O2/c1-6-9-7-4-2-3-5-8(7)13-11(12)10(6)9/h2-6,9-10H,1H3. The highest BCUT2D eigenvalue weighted by Gasteiger charge is 2.57. The smallest absolute Gasteiger partial charge is 0.315 e. The molecule has 0 N–H and O–H groups in total. The fourth-order valence-corrected chi connectivity index (χ4v) is 2.33. The third-order valence-corrected chi connectivity index (χ3v) is 3.14. The number of hydrogen-bond acceptors (Lipinski definition) is 2. The van der Waals surface area contributed by atoms with E-state index in [1.54, 1.807) is 0 Å². The van der Waals surface area contributed by atoms with Gasteiger partial charge in [0.25, 0.3) is 0 Å². The molecule has 0 bridgehead atoms. The highest BCUT2D eigenvalue weighted by molar-refractivity contribution is 5.83. The molecule has 2 aliphatic rings. The molecule has 0 radical (unpaired) electrons. The molecule has 3 rings (SSSR count). The number of fused-ring (bicyclic) bond motifs is 3. The Morgan fingerprint density at radius 1 is 1.23 bits per heavy atom. The van der Waals surface area contributed by atoms with Gasteiger partial charge in [-0.2, -0.15) is 0 Å². The van der Waals surface area contributed by atoms with Crippen LogP contribution in [0.15, 0.2) is 24.3 Å². The van der Waals surface area contributed by atoms with Crippen molar-refractivity contribution in [2.24, 2.45) is 11.8 Å². The van der Waals surface area contributed by atoms with Gasteiger partial charge in [-0.3, -0.25) is 4.79 Å². The Kier molecular flexibility index (Phi) is 1.17. The van der Waals surface area contributed by atoms with E-state index in [4.69, 9.17) is 4.74 Å². The van der Waals surface area contributed by atoms with Crippen molar-refractivity contribution in [3.8, 4) is 5.75 Å². The quantitative estimate of drug-likeness (QED) is 0.444. The summed E-state index contributed by atoms with van der Waals surface area (Å²) >= 11 is 0. The van der Waals surface area contributed by atoms with E-state index < -0.39 is 0 Å². The first-order chi connectivity index (χ1) is 6.29. The zero-order chi connectivity index (χ0) is 9.00. The van der Waals surface area contributed by atoms with Gasteiger partial charge >= 0.3 is 5.97 Å². The molecule has 3 unspecified atom stereocenters. The zero-order valence-electron chi connectivity index (χ0n) is 7.36. The SMILES string of the molecule is CC1C2C(=O)Oc3ccccc3C12. The number of ether oxygens (including phenoxy) is 1. The molecule has 1 saturated carbocycles. The van der Waals surface area contributed by atoms with E-state index in [0.29, 0.717) is 11.8 Å². The van der Waals surface area contributed by atoms with Crippen LogP contribution in [0.4, 0.5) is 0 Å². The van der Waals surface area contributed by atoms with E-state index in [-0.39, 0.29) is 11.9 Å². The maximum Gasteiger partial charge on any atom is 0.315 e. The summed E-state index contributed by atoms with van der Waals surface area (Å²) < 4.78 is 5.22.